The van der Waals surface area contributed by atoms with Crippen LogP contribution in [0.5, 0.6) is 0 Å². The summed E-state index contributed by atoms with van der Waals surface area (Å²) in [5.41, 5.74) is 0. The molecule has 6 rings (SSSR count). The number of esters is 1. The molecule has 10 atom stereocenters. The van der Waals surface area contributed by atoms with Crippen molar-refractivity contribution in [2.24, 2.45) is 10.9 Å². The van der Waals surface area contributed by atoms with Crippen molar-refractivity contribution in [2.75, 3.05) is 0 Å². The largest absolute Gasteiger partial charge is 0.462 e. The molecule has 3 fully saturated rings. The molecule has 0 unspecified atom stereocenters. The zero-order chi connectivity index (χ0) is 31.3. The first-order chi connectivity index (χ1) is 21.9. The van der Waals surface area contributed by atoms with E-state index in [4.69, 9.17) is 9.73 Å². The van der Waals surface area contributed by atoms with Crippen LogP contribution in [-0.4, -0.2) is 81.8 Å². The Bertz CT molecular complexity index is 1060. The summed E-state index contributed by atoms with van der Waals surface area (Å²) in [4.78, 5) is 21.1. The maximum absolute atomic E-state index is 13.6. The fourth-order valence-electron chi connectivity index (χ4n) is 9.98. The number of hydrogen-bond acceptors (Lipinski definition) is 6. The maximum Gasteiger partial charge on any atom is 0.441 e. The molecule has 6 aliphatic heterocycles. The Morgan fingerprint density at radius 2 is 1.60 bits per heavy atom. The van der Waals surface area contributed by atoms with Crippen LogP contribution in [0.1, 0.15) is 156 Å². The van der Waals surface area contributed by atoms with Crippen LogP contribution in [0, 0.1) is 5.92 Å². The predicted molar refractivity (Wildman–Crippen MR) is 181 cm³/mol. The zero-order valence-corrected chi connectivity index (χ0v) is 29.2. The normalized spacial score (nSPS) is 35.7. The smallest absolute Gasteiger partial charge is 0.441 e. The van der Waals surface area contributed by atoms with Gasteiger partial charge in [-0.3, -0.25) is 4.79 Å². The van der Waals surface area contributed by atoms with Gasteiger partial charge in [-0.05, 0) is 85.0 Å². The number of nitrogens with two attached hydrogens (primary N) is 1. The van der Waals surface area contributed by atoms with Gasteiger partial charge in [0, 0.05) is 31.0 Å². The Morgan fingerprint density at radius 1 is 0.911 bits per heavy atom. The molecular formula is C37H66N6O2+2. The highest BCUT2D eigenvalue weighted by molar-refractivity contribution is 5.86. The van der Waals surface area contributed by atoms with Crippen LogP contribution in [0.25, 0.3) is 0 Å². The molecule has 0 amide bonds. The lowest BCUT2D eigenvalue weighted by Crippen LogP contribution is -3.00. The lowest BCUT2D eigenvalue weighted by Gasteiger charge is -2.47. The van der Waals surface area contributed by atoms with Crippen LogP contribution in [0.3, 0.4) is 0 Å². The van der Waals surface area contributed by atoms with E-state index in [2.05, 4.69) is 53.1 Å². The number of carbonyl (C=O) groups is 1. The topological polar surface area (TPSA) is 85.6 Å². The molecule has 254 valence electrons. The standard InChI is InChI=1S/C37H64N6O2/c1-5-6-7-8-9-10-13-16-29-24-32-20-21-33-34(27(4)39-37(41-29)43(32)33)35(44)45-26(3)15-12-11-14-17-28-23-31-19-18-30-22-25(2)38-36(40-28)42(30)31/h25-34H,5-24H2,1-4H3,(H2,38,39,40,41)/p+2/t25-,26-,27-,28+,29-,30+,31-,32+,33+,34+/m1/s1. The van der Waals surface area contributed by atoms with Crippen molar-refractivity contribution < 1.29 is 19.4 Å². The van der Waals surface area contributed by atoms with E-state index in [1.807, 2.05) is 0 Å². The fraction of sp³-hybridized carbons (Fsp3) is 0.919. The van der Waals surface area contributed by atoms with Gasteiger partial charge in [-0.15, -0.1) is 0 Å². The van der Waals surface area contributed by atoms with E-state index < -0.39 is 0 Å². The number of quaternary nitrogens is 1. The van der Waals surface area contributed by atoms with Gasteiger partial charge in [-0.25, -0.2) is 20.2 Å². The monoisotopic (exact) mass is 627 g/mol. The Morgan fingerprint density at radius 3 is 2.38 bits per heavy atom. The summed E-state index contributed by atoms with van der Waals surface area (Å²) in [7, 11) is 0. The minimum atomic E-state index is -0.147. The first-order valence-electron chi connectivity index (χ1n) is 19.5. The quantitative estimate of drug-likeness (QED) is 0.125. The molecule has 6 heterocycles. The number of nitrogens with one attached hydrogen (secondary N) is 2. The minimum Gasteiger partial charge on any atom is -0.462 e. The average molecular weight is 627 g/mol. The van der Waals surface area contributed by atoms with E-state index in [9.17, 15) is 4.79 Å². The van der Waals surface area contributed by atoms with Gasteiger partial charge in [0.05, 0.1) is 24.1 Å². The van der Waals surface area contributed by atoms with Crippen molar-refractivity contribution in [1.29, 1.82) is 0 Å². The fourth-order valence-corrected chi connectivity index (χ4v) is 9.98. The number of guanidine groups is 2. The van der Waals surface area contributed by atoms with Gasteiger partial charge in [0.2, 0.25) is 0 Å². The number of rotatable bonds is 16. The molecule has 0 radical (unpaired) electrons. The van der Waals surface area contributed by atoms with Gasteiger partial charge in [0.25, 0.3) is 0 Å². The molecule has 0 aliphatic carbocycles. The lowest BCUT2D eigenvalue weighted by atomic mass is 9.89. The van der Waals surface area contributed by atoms with Gasteiger partial charge in [-0.1, -0.05) is 58.3 Å². The minimum absolute atomic E-state index is 0.0190. The van der Waals surface area contributed by atoms with Crippen LogP contribution >= 0.6 is 0 Å². The molecule has 0 aromatic carbocycles. The second kappa shape index (κ2) is 15.4. The molecular weight excluding hydrogens is 560 g/mol. The first-order valence-corrected chi connectivity index (χ1v) is 19.5. The molecule has 0 aromatic heterocycles. The van der Waals surface area contributed by atoms with Crippen molar-refractivity contribution in [3.8, 4) is 0 Å². The van der Waals surface area contributed by atoms with Crippen LogP contribution in [-0.2, 0) is 9.53 Å². The summed E-state index contributed by atoms with van der Waals surface area (Å²) in [6.45, 7) is 8.88. The molecule has 4 N–H and O–H groups in total. The molecule has 3 saturated heterocycles. The van der Waals surface area contributed by atoms with Crippen molar-refractivity contribution in [1.82, 2.24) is 15.5 Å². The van der Waals surface area contributed by atoms with E-state index in [1.165, 1.54) is 115 Å². The third-order valence-electron chi connectivity index (χ3n) is 12.2. The second-order valence-electron chi connectivity index (χ2n) is 15.9. The molecule has 45 heavy (non-hydrogen) atoms. The van der Waals surface area contributed by atoms with Crippen molar-refractivity contribution >= 4 is 17.9 Å². The van der Waals surface area contributed by atoms with Gasteiger partial charge >= 0.3 is 11.9 Å². The third kappa shape index (κ3) is 7.84. The number of carbonyl (C=O) groups excluding carboxylic acids is 1. The number of hydrogen-bond donors (Lipinski definition) is 3. The van der Waals surface area contributed by atoms with Gasteiger partial charge in [0.1, 0.15) is 18.1 Å². The summed E-state index contributed by atoms with van der Waals surface area (Å²) in [6, 6.07) is 4.11. The Kier molecular flexibility index (Phi) is 11.3. The molecule has 6 aliphatic rings. The van der Waals surface area contributed by atoms with Crippen LogP contribution in [0.4, 0.5) is 0 Å². The summed E-state index contributed by atoms with van der Waals surface area (Å²) in [5.74, 6) is 2.33. The number of aliphatic imine (C=N–C) groups is 1. The zero-order valence-electron chi connectivity index (χ0n) is 29.2. The molecule has 0 aromatic rings. The SMILES string of the molecule is CCCCCCCCC[C@@H]1C[C@@H]2CC[C@H]3[C@@H](C(=O)O[C@H](C)CCCCC[C@H]4C[C@H]5CC[C@H]6C[C@@H](C)[NH2+]C(=[N+]56)N4)[C@@H](C)N=C(N1)N23. The molecule has 0 bridgehead atoms. The summed E-state index contributed by atoms with van der Waals surface area (Å²) < 4.78 is 8.85. The Balaban J connectivity index is 0.898. The lowest BCUT2D eigenvalue weighted by molar-refractivity contribution is -0.714. The number of nitrogens with zero attached hydrogens (tertiary/aromatic N) is 3. The second-order valence-corrected chi connectivity index (χ2v) is 15.9. The summed E-state index contributed by atoms with van der Waals surface area (Å²) in [6.07, 6.45) is 25.4. The highest BCUT2D eigenvalue weighted by atomic mass is 16.5. The van der Waals surface area contributed by atoms with Gasteiger partial charge in [0.15, 0.2) is 5.96 Å². The highest BCUT2D eigenvalue weighted by Gasteiger charge is 2.51. The molecule has 0 saturated carbocycles. The van der Waals surface area contributed by atoms with E-state index in [-0.39, 0.29) is 30.1 Å². The number of ether oxygens (including phenoxy) is 1. The van der Waals surface area contributed by atoms with Gasteiger partial charge in [-0.2, -0.15) is 0 Å². The van der Waals surface area contributed by atoms with Crippen LogP contribution in [0.2, 0.25) is 0 Å². The Hall–Kier alpha value is -1.83. The predicted octanol–water partition coefficient (Wildman–Crippen LogP) is 5.20. The molecule has 8 nitrogen and oxygen atoms in total. The number of unbranched alkanes of at least 4 members (excludes halogenated alkanes) is 8. The van der Waals surface area contributed by atoms with Gasteiger partial charge < -0.3 is 15.0 Å². The molecule has 0 spiro atoms. The van der Waals surface area contributed by atoms with Crippen molar-refractivity contribution in [3.63, 3.8) is 0 Å². The molecule has 8 heteroatoms. The van der Waals surface area contributed by atoms with E-state index in [0.717, 1.165) is 37.3 Å². The van der Waals surface area contributed by atoms with Crippen LogP contribution < -0.4 is 16.0 Å². The van der Waals surface area contributed by atoms with Crippen molar-refractivity contribution in [3.05, 3.63) is 0 Å². The van der Waals surface area contributed by atoms with E-state index in [1.54, 1.807) is 0 Å². The Labute approximate surface area is 274 Å². The van der Waals surface area contributed by atoms with E-state index in [0.29, 0.717) is 24.2 Å². The highest BCUT2D eigenvalue weighted by Crippen LogP contribution is 2.40. The van der Waals surface area contributed by atoms with E-state index >= 15 is 0 Å². The summed E-state index contributed by atoms with van der Waals surface area (Å²) in [5, 5.41) is 10.2. The van der Waals surface area contributed by atoms with Crippen molar-refractivity contribution in [2.45, 2.75) is 211 Å². The first kappa shape index (κ1) is 33.1. The maximum atomic E-state index is 13.6. The average Bonchev–Trinajstić information content (AvgIpc) is 3.61. The third-order valence-corrected chi connectivity index (χ3v) is 12.2. The summed E-state index contributed by atoms with van der Waals surface area (Å²) >= 11 is 0. The van der Waals surface area contributed by atoms with Crippen LogP contribution in [0.15, 0.2) is 4.99 Å².